The van der Waals surface area contributed by atoms with Crippen LogP contribution in [0, 0.1) is 0 Å². The topological polar surface area (TPSA) is 37.3 Å². The van der Waals surface area contributed by atoms with Crippen molar-refractivity contribution in [2.75, 3.05) is 5.32 Å². The highest BCUT2D eigenvalue weighted by Crippen LogP contribution is 2.36. The van der Waals surface area contributed by atoms with Gasteiger partial charge >= 0.3 is 6.03 Å². The molecule has 1 N–H and O–H groups in total. The Kier molecular flexibility index (Phi) is 4.89. The molecule has 1 aliphatic heterocycles. The van der Waals surface area contributed by atoms with E-state index in [0.717, 1.165) is 32.7 Å². The molecule has 4 aromatic rings. The third kappa shape index (κ3) is 3.42. The average Bonchev–Trinajstić information content (AvgIpc) is 3.18. The highest BCUT2D eigenvalue weighted by Gasteiger charge is 2.32. The molecule has 1 aromatic heterocycles. The van der Waals surface area contributed by atoms with Gasteiger partial charge in [-0.05, 0) is 47.5 Å². The number of nitrogens with zero attached hydrogens (tertiary/aromatic N) is 2. The molecule has 0 radical (unpaired) electrons. The van der Waals surface area contributed by atoms with E-state index in [1.54, 1.807) is 0 Å². The number of hydrogen-bond acceptors (Lipinski definition) is 1. The van der Waals surface area contributed by atoms with Gasteiger partial charge in [0.15, 0.2) is 0 Å². The summed E-state index contributed by atoms with van der Waals surface area (Å²) in [4.78, 5) is 15.5. The van der Waals surface area contributed by atoms with Gasteiger partial charge in [-0.1, -0.05) is 70.5 Å². The van der Waals surface area contributed by atoms with E-state index in [2.05, 4.69) is 62.3 Å². The van der Waals surface area contributed by atoms with Crippen LogP contribution in [0.15, 0.2) is 102 Å². The molecule has 0 aliphatic carbocycles. The Morgan fingerprint density at radius 2 is 1.70 bits per heavy atom. The lowest BCUT2D eigenvalue weighted by Crippen LogP contribution is -2.37. The van der Waals surface area contributed by atoms with E-state index in [9.17, 15) is 4.79 Å². The van der Waals surface area contributed by atoms with Crippen molar-refractivity contribution in [3.63, 3.8) is 0 Å². The van der Waals surface area contributed by atoms with Gasteiger partial charge in [-0.15, -0.1) is 0 Å². The molecule has 0 saturated carbocycles. The third-order valence-electron chi connectivity index (χ3n) is 5.42. The standard InChI is InChI=1S/C25H20BrN3O/c26-20-11-6-12-21(16-20)27-25(30)29-17-19-10-4-5-13-22(19)28-15-7-14-23(28)24(29)18-8-2-1-3-9-18/h1-16,24H,17H2,(H,27,30). The molecule has 2 amide bonds. The first-order valence-corrected chi connectivity index (χ1v) is 10.6. The Bertz CT molecular complexity index is 1200. The summed E-state index contributed by atoms with van der Waals surface area (Å²) in [5.74, 6) is 0. The van der Waals surface area contributed by atoms with E-state index in [-0.39, 0.29) is 12.1 Å². The minimum Gasteiger partial charge on any atom is -0.318 e. The fourth-order valence-corrected chi connectivity index (χ4v) is 4.49. The van der Waals surface area contributed by atoms with Gasteiger partial charge in [-0.25, -0.2) is 4.79 Å². The van der Waals surface area contributed by atoms with Gasteiger partial charge in [-0.2, -0.15) is 0 Å². The van der Waals surface area contributed by atoms with Crippen LogP contribution < -0.4 is 5.32 Å². The SMILES string of the molecule is O=C(Nc1cccc(Br)c1)N1Cc2ccccc2-n2cccc2C1c1ccccc1. The molecule has 2 heterocycles. The average molecular weight is 458 g/mol. The minimum atomic E-state index is -0.208. The second kappa shape index (κ2) is 7.84. The summed E-state index contributed by atoms with van der Waals surface area (Å²) in [7, 11) is 0. The van der Waals surface area contributed by atoms with Gasteiger partial charge in [0.2, 0.25) is 0 Å². The number of nitrogens with one attached hydrogen (secondary N) is 1. The van der Waals surface area contributed by atoms with Crippen LogP contribution in [0.25, 0.3) is 5.69 Å². The maximum atomic E-state index is 13.5. The quantitative estimate of drug-likeness (QED) is 0.372. The number of para-hydroxylation sites is 1. The number of hydrogen-bond donors (Lipinski definition) is 1. The van der Waals surface area contributed by atoms with Crippen LogP contribution in [0.2, 0.25) is 0 Å². The van der Waals surface area contributed by atoms with Crippen LogP contribution in [0.3, 0.4) is 0 Å². The number of carbonyl (C=O) groups excluding carboxylic acids is 1. The Morgan fingerprint density at radius 1 is 0.900 bits per heavy atom. The van der Waals surface area contributed by atoms with Crippen molar-refractivity contribution in [2.45, 2.75) is 12.6 Å². The van der Waals surface area contributed by atoms with Crippen molar-refractivity contribution in [1.29, 1.82) is 0 Å². The van der Waals surface area contributed by atoms with E-state index >= 15 is 0 Å². The Balaban J connectivity index is 1.63. The molecule has 0 saturated heterocycles. The predicted octanol–water partition coefficient (Wildman–Crippen LogP) is 6.38. The van der Waals surface area contributed by atoms with Gasteiger partial charge in [0.05, 0.1) is 18.3 Å². The number of benzene rings is 3. The zero-order valence-electron chi connectivity index (χ0n) is 16.2. The summed E-state index contributed by atoms with van der Waals surface area (Å²) in [5.41, 5.74) is 5.12. The van der Waals surface area contributed by atoms with Crippen molar-refractivity contribution in [1.82, 2.24) is 9.47 Å². The van der Waals surface area contributed by atoms with Gasteiger partial charge in [0.1, 0.15) is 0 Å². The highest BCUT2D eigenvalue weighted by molar-refractivity contribution is 9.10. The van der Waals surface area contributed by atoms with Crippen LogP contribution >= 0.6 is 15.9 Å². The molecule has 1 unspecified atom stereocenters. The first-order chi connectivity index (χ1) is 14.7. The monoisotopic (exact) mass is 457 g/mol. The van der Waals surface area contributed by atoms with Crippen molar-refractivity contribution in [3.05, 3.63) is 118 Å². The third-order valence-corrected chi connectivity index (χ3v) is 5.91. The van der Waals surface area contributed by atoms with Crippen molar-refractivity contribution in [3.8, 4) is 5.69 Å². The van der Waals surface area contributed by atoms with E-state index in [4.69, 9.17) is 0 Å². The number of amides is 2. The van der Waals surface area contributed by atoms with Crippen LogP contribution in [0.4, 0.5) is 10.5 Å². The predicted molar refractivity (Wildman–Crippen MR) is 123 cm³/mol. The van der Waals surface area contributed by atoms with Gasteiger partial charge in [0.25, 0.3) is 0 Å². The lowest BCUT2D eigenvalue weighted by Gasteiger charge is -2.31. The van der Waals surface area contributed by atoms with Crippen molar-refractivity contribution in [2.24, 2.45) is 0 Å². The van der Waals surface area contributed by atoms with Crippen LogP contribution in [-0.2, 0) is 6.54 Å². The van der Waals surface area contributed by atoms with E-state index in [1.807, 2.05) is 65.6 Å². The summed E-state index contributed by atoms with van der Waals surface area (Å²) < 4.78 is 3.12. The normalized spacial score (nSPS) is 15.1. The molecule has 1 aliphatic rings. The molecule has 3 aromatic carbocycles. The maximum Gasteiger partial charge on any atom is 0.322 e. The van der Waals surface area contributed by atoms with E-state index in [1.165, 1.54) is 0 Å². The number of rotatable bonds is 2. The fourth-order valence-electron chi connectivity index (χ4n) is 4.09. The highest BCUT2D eigenvalue weighted by atomic mass is 79.9. The molecule has 0 bridgehead atoms. The van der Waals surface area contributed by atoms with Crippen molar-refractivity contribution < 1.29 is 4.79 Å². The summed E-state index contributed by atoms with van der Waals surface area (Å²) in [5, 5.41) is 3.08. The maximum absolute atomic E-state index is 13.5. The van der Waals surface area contributed by atoms with Crippen LogP contribution in [0.1, 0.15) is 22.9 Å². The Hall–Kier alpha value is -3.31. The molecule has 4 nitrogen and oxygen atoms in total. The van der Waals surface area contributed by atoms with Gasteiger partial charge in [0, 0.05) is 22.1 Å². The largest absolute Gasteiger partial charge is 0.322 e. The number of carbonyl (C=O) groups is 1. The molecule has 5 rings (SSSR count). The fraction of sp³-hybridized carbons (Fsp3) is 0.0800. The Labute approximate surface area is 183 Å². The molecule has 30 heavy (non-hydrogen) atoms. The number of urea groups is 1. The molecule has 0 spiro atoms. The lowest BCUT2D eigenvalue weighted by molar-refractivity contribution is 0.194. The first-order valence-electron chi connectivity index (χ1n) is 9.84. The summed E-state index contributed by atoms with van der Waals surface area (Å²) in [6, 6.07) is 29.9. The molecule has 1 atom stereocenters. The summed E-state index contributed by atoms with van der Waals surface area (Å²) in [6.45, 7) is 0.511. The van der Waals surface area contributed by atoms with E-state index in [0.29, 0.717) is 6.54 Å². The molecular formula is C25H20BrN3O. The molecular weight excluding hydrogens is 438 g/mol. The second-order valence-electron chi connectivity index (χ2n) is 7.31. The van der Waals surface area contributed by atoms with Crippen molar-refractivity contribution >= 4 is 27.6 Å². The molecule has 148 valence electrons. The first kappa shape index (κ1) is 18.7. The summed E-state index contributed by atoms with van der Waals surface area (Å²) >= 11 is 3.48. The Morgan fingerprint density at radius 3 is 2.53 bits per heavy atom. The minimum absolute atomic E-state index is 0.133. The lowest BCUT2D eigenvalue weighted by atomic mass is 10.0. The van der Waals surface area contributed by atoms with Crippen LogP contribution in [0.5, 0.6) is 0 Å². The van der Waals surface area contributed by atoms with E-state index < -0.39 is 0 Å². The number of aromatic nitrogens is 1. The zero-order chi connectivity index (χ0) is 20.5. The molecule has 5 heteroatoms. The zero-order valence-corrected chi connectivity index (χ0v) is 17.8. The number of anilines is 1. The summed E-state index contributed by atoms with van der Waals surface area (Å²) in [6.07, 6.45) is 2.07. The number of halogens is 1. The number of fused-ring (bicyclic) bond motifs is 3. The van der Waals surface area contributed by atoms with Crippen LogP contribution in [-0.4, -0.2) is 15.5 Å². The smallest absolute Gasteiger partial charge is 0.318 e. The molecule has 0 fully saturated rings. The second-order valence-corrected chi connectivity index (χ2v) is 8.23. The van der Waals surface area contributed by atoms with Gasteiger partial charge in [-0.3, -0.25) is 0 Å². The van der Waals surface area contributed by atoms with Gasteiger partial charge < -0.3 is 14.8 Å².